The SMILES string of the molecule is O=C(CCCCc1ccc(Cl)nc1)c1ccc(/C=C/C(c2cc(Cl)c(Cl)c(Cl)c2)C(F)(F)F)cc1Br. The molecule has 10 heteroatoms. The lowest BCUT2D eigenvalue weighted by atomic mass is 9.96. The van der Waals surface area contributed by atoms with Gasteiger partial charge in [0, 0.05) is 22.7 Å². The molecule has 3 rings (SSSR count). The molecular weight excluding hydrogens is 621 g/mol. The molecule has 0 N–H and O–H groups in total. The van der Waals surface area contributed by atoms with Gasteiger partial charge in [-0.3, -0.25) is 4.79 Å². The highest BCUT2D eigenvalue weighted by Crippen LogP contribution is 2.41. The first-order valence-corrected chi connectivity index (χ1v) is 13.1. The van der Waals surface area contributed by atoms with Crippen molar-refractivity contribution in [3.8, 4) is 0 Å². The summed E-state index contributed by atoms with van der Waals surface area (Å²) in [4.78, 5) is 16.7. The largest absolute Gasteiger partial charge is 0.399 e. The number of hydrogen-bond acceptors (Lipinski definition) is 2. The normalized spacial score (nSPS) is 12.8. The minimum Gasteiger partial charge on any atom is -0.294 e. The number of carbonyl (C=O) groups is 1. The Morgan fingerprint density at radius 1 is 1.00 bits per heavy atom. The van der Waals surface area contributed by atoms with Crippen LogP contribution >= 0.6 is 62.3 Å². The monoisotopic (exact) mass is 637 g/mol. The zero-order valence-corrected chi connectivity index (χ0v) is 23.2. The van der Waals surface area contributed by atoms with Crippen molar-refractivity contribution in [1.82, 2.24) is 4.98 Å². The second kappa shape index (κ2) is 12.8. The van der Waals surface area contributed by atoms with E-state index in [9.17, 15) is 18.0 Å². The highest BCUT2D eigenvalue weighted by atomic mass is 79.9. The molecule has 0 saturated heterocycles. The smallest absolute Gasteiger partial charge is 0.294 e. The number of benzene rings is 2. The summed E-state index contributed by atoms with van der Waals surface area (Å²) < 4.78 is 41.8. The van der Waals surface area contributed by atoms with Crippen LogP contribution in [0.4, 0.5) is 13.2 Å². The molecule has 2 nitrogen and oxygen atoms in total. The van der Waals surface area contributed by atoms with Crippen LogP contribution in [0, 0.1) is 0 Å². The predicted octanol–water partition coefficient (Wildman–Crippen LogP) is 10.4. The molecule has 0 aliphatic rings. The summed E-state index contributed by atoms with van der Waals surface area (Å²) in [6.45, 7) is 0. The van der Waals surface area contributed by atoms with Crippen LogP contribution in [0.5, 0.6) is 0 Å². The minimum absolute atomic E-state index is 0.00170. The third-order valence-electron chi connectivity index (χ3n) is 5.40. The van der Waals surface area contributed by atoms with E-state index in [0.29, 0.717) is 33.6 Å². The second-order valence-electron chi connectivity index (χ2n) is 8.04. The maximum atomic E-state index is 13.8. The van der Waals surface area contributed by atoms with E-state index in [1.165, 1.54) is 6.08 Å². The summed E-state index contributed by atoms with van der Waals surface area (Å²) >= 11 is 26.9. The Morgan fingerprint density at radius 3 is 2.28 bits per heavy atom. The lowest BCUT2D eigenvalue weighted by Gasteiger charge is -2.18. The Kier molecular flexibility index (Phi) is 10.3. The van der Waals surface area contributed by atoms with Gasteiger partial charge in [-0.2, -0.15) is 13.2 Å². The molecule has 0 amide bonds. The van der Waals surface area contributed by atoms with Gasteiger partial charge in [-0.05, 0) is 66.3 Å². The number of rotatable bonds is 9. The molecule has 1 heterocycles. The summed E-state index contributed by atoms with van der Waals surface area (Å²) in [7, 11) is 0. The van der Waals surface area contributed by atoms with Gasteiger partial charge in [-0.1, -0.05) is 86.6 Å². The molecule has 0 aliphatic carbocycles. The molecule has 0 fully saturated rings. The number of halogens is 8. The first-order valence-electron chi connectivity index (χ1n) is 10.8. The number of Topliss-reactive ketones (excluding diaryl/α,β-unsaturated/α-hetero) is 1. The number of alkyl halides is 3. The first kappa shape index (κ1) is 29.0. The topological polar surface area (TPSA) is 30.0 Å². The van der Waals surface area contributed by atoms with Crippen LogP contribution in [-0.2, 0) is 6.42 Å². The number of hydrogen-bond donors (Lipinski definition) is 0. The Hall–Kier alpha value is -1.57. The number of carbonyl (C=O) groups excluding carboxylic acids is 1. The molecule has 0 spiro atoms. The third kappa shape index (κ3) is 7.96. The van der Waals surface area contributed by atoms with E-state index < -0.39 is 12.1 Å². The average Bonchev–Trinajstić information content (AvgIpc) is 2.80. The summed E-state index contributed by atoms with van der Waals surface area (Å²) in [6, 6.07) is 10.7. The van der Waals surface area contributed by atoms with E-state index in [1.54, 1.807) is 30.5 Å². The molecule has 0 aliphatic heterocycles. The van der Waals surface area contributed by atoms with Crippen molar-refractivity contribution >= 4 is 74.2 Å². The Balaban J connectivity index is 1.66. The molecule has 3 aromatic rings. The summed E-state index contributed by atoms with van der Waals surface area (Å²) in [6.07, 6.45) is 2.13. The van der Waals surface area contributed by atoms with E-state index in [0.717, 1.165) is 36.6 Å². The van der Waals surface area contributed by atoms with Crippen LogP contribution < -0.4 is 0 Å². The standard InChI is InChI=1S/C26H19BrCl4F3NO/c27-20-11-15(6-9-19(26(32,33)34)17-12-21(28)25(31)22(29)13-17)5-8-18(20)23(36)4-2-1-3-16-7-10-24(30)35-14-16/h5-14,19H,1-4H2/b9-6+. The Labute approximate surface area is 235 Å². The molecule has 190 valence electrons. The van der Waals surface area contributed by atoms with Crippen LogP contribution in [0.3, 0.4) is 0 Å². The van der Waals surface area contributed by atoms with Crippen molar-refractivity contribution < 1.29 is 18.0 Å². The average molecular weight is 640 g/mol. The van der Waals surface area contributed by atoms with Crippen LogP contribution in [0.25, 0.3) is 6.08 Å². The summed E-state index contributed by atoms with van der Waals surface area (Å²) in [5.41, 5.74) is 1.89. The Morgan fingerprint density at radius 2 is 1.69 bits per heavy atom. The highest BCUT2D eigenvalue weighted by Gasteiger charge is 2.39. The minimum atomic E-state index is -4.58. The lowest BCUT2D eigenvalue weighted by molar-refractivity contribution is -0.139. The maximum Gasteiger partial charge on any atom is 0.399 e. The molecular formula is C26H19BrCl4F3NO. The third-order valence-corrected chi connectivity index (χ3v) is 7.48. The predicted molar refractivity (Wildman–Crippen MR) is 145 cm³/mol. The highest BCUT2D eigenvalue weighted by molar-refractivity contribution is 9.10. The van der Waals surface area contributed by atoms with Gasteiger partial charge in [0.25, 0.3) is 0 Å². The van der Waals surface area contributed by atoms with E-state index in [-0.39, 0.29) is 26.4 Å². The number of unbranched alkanes of at least 4 members (excludes halogenated alkanes) is 1. The first-order chi connectivity index (χ1) is 17.0. The van der Waals surface area contributed by atoms with E-state index in [4.69, 9.17) is 46.4 Å². The molecule has 1 aromatic heterocycles. The van der Waals surface area contributed by atoms with Crippen LogP contribution in [0.15, 0.2) is 59.2 Å². The molecule has 1 unspecified atom stereocenters. The summed E-state index contributed by atoms with van der Waals surface area (Å²) in [5.74, 6) is -1.99. The number of aromatic nitrogens is 1. The van der Waals surface area contributed by atoms with Crippen LogP contribution in [-0.4, -0.2) is 16.9 Å². The van der Waals surface area contributed by atoms with Gasteiger partial charge in [-0.15, -0.1) is 0 Å². The van der Waals surface area contributed by atoms with Crippen molar-refractivity contribution in [2.75, 3.05) is 0 Å². The number of nitrogens with zero attached hydrogens (tertiary/aromatic N) is 1. The quantitative estimate of drug-likeness (QED) is 0.101. The molecule has 2 aromatic carbocycles. The van der Waals surface area contributed by atoms with Crippen LogP contribution in [0.1, 0.15) is 52.2 Å². The van der Waals surface area contributed by atoms with E-state index >= 15 is 0 Å². The van der Waals surface area contributed by atoms with Gasteiger partial charge in [0.15, 0.2) is 5.78 Å². The Bertz CT molecular complexity index is 1240. The fourth-order valence-electron chi connectivity index (χ4n) is 3.54. The molecule has 0 bridgehead atoms. The fraction of sp³-hybridized carbons (Fsp3) is 0.231. The van der Waals surface area contributed by atoms with Gasteiger partial charge in [0.05, 0.1) is 21.0 Å². The van der Waals surface area contributed by atoms with Gasteiger partial charge in [0.1, 0.15) is 5.15 Å². The molecule has 36 heavy (non-hydrogen) atoms. The molecule has 0 radical (unpaired) electrons. The second-order valence-corrected chi connectivity index (χ2v) is 10.5. The summed E-state index contributed by atoms with van der Waals surface area (Å²) in [5, 5.41) is 0.317. The van der Waals surface area contributed by atoms with Crippen molar-refractivity contribution in [3.05, 3.63) is 102 Å². The van der Waals surface area contributed by atoms with Crippen molar-refractivity contribution in [1.29, 1.82) is 0 Å². The molecule has 0 saturated carbocycles. The zero-order chi connectivity index (χ0) is 26.5. The maximum absolute atomic E-state index is 13.8. The van der Waals surface area contributed by atoms with Gasteiger partial charge < -0.3 is 0 Å². The van der Waals surface area contributed by atoms with Crippen molar-refractivity contribution in [2.24, 2.45) is 0 Å². The van der Waals surface area contributed by atoms with Crippen LogP contribution in [0.2, 0.25) is 20.2 Å². The number of allylic oxidation sites excluding steroid dienone is 1. The van der Waals surface area contributed by atoms with E-state index in [2.05, 4.69) is 20.9 Å². The lowest BCUT2D eigenvalue weighted by Crippen LogP contribution is -2.19. The number of aryl methyl sites for hydroxylation is 1. The van der Waals surface area contributed by atoms with Gasteiger partial charge in [-0.25, -0.2) is 4.98 Å². The van der Waals surface area contributed by atoms with Gasteiger partial charge >= 0.3 is 6.18 Å². The fourth-order valence-corrected chi connectivity index (χ4v) is 4.88. The molecule has 1 atom stereocenters. The zero-order valence-electron chi connectivity index (χ0n) is 18.6. The van der Waals surface area contributed by atoms with Crippen molar-refractivity contribution in [3.63, 3.8) is 0 Å². The number of pyridine rings is 1. The van der Waals surface area contributed by atoms with E-state index in [1.807, 2.05) is 6.07 Å². The van der Waals surface area contributed by atoms with Gasteiger partial charge in [0.2, 0.25) is 0 Å². The number of ketones is 1. The van der Waals surface area contributed by atoms with Crippen molar-refractivity contribution in [2.45, 2.75) is 37.8 Å².